The molecular formula is C20H17N3O3. The van der Waals surface area contributed by atoms with Crippen molar-refractivity contribution in [3.63, 3.8) is 0 Å². The second-order valence-electron chi connectivity index (χ2n) is 6.44. The van der Waals surface area contributed by atoms with Crippen LogP contribution in [0.3, 0.4) is 0 Å². The van der Waals surface area contributed by atoms with E-state index < -0.39 is 0 Å². The summed E-state index contributed by atoms with van der Waals surface area (Å²) in [6.07, 6.45) is 0.742. The number of hydrogen-bond acceptors (Lipinski definition) is 3. The molecule has 1 aromatic heterocycles. The third kappa shape index (κ3) is 3.21. The molecule has 4 rings (SSSR count). The van der Waals surface area contributed by atoms with Gasteiger partial charge in [0.2, 0.25) is 11.8 Å². The van der Waals surface area contributed by atoms with Crippen molar-refractivity contribution in [2.24, 2.45) is 5.92 Å². The smallest absolute Gasteiger partial charge is 0.272 e. The Hall–Kier alpha value is -3.41. The van der Waals surface area contributed by atoms with Gasteiger partial charge in [0, 0.05) is 23.0 Å². The lowest BCUT2D eigenvalue weighted by Crippen LogP contribution is -2.22. The Kier molecular flexibility index (Phi) is 4.01. The Labute approximate surface area is 149 Å². The number of imide groups is 1. The van der Waals surface area contributed by atoms with Crippen molar-refractivity contribution in [3.05, 3.63) is 65.9 Å². The summed E-state index contributed by atoms with van der Waals surface area (Å²) in [7, 11) is 0. The van der Waals surface area contributed by atoms with Gasteiger partial charge in [0.1, 0.15) is 5.69 Å². The van der Waals surface area contributed by atoms with Crippen LogP contribution in [0.1, 0.15) is 22.5 Å². The van der Waals surface area contributed by atoms with Crippen molar-refractivity contribution in [1.29, 1.82) is 0 Å². The fraction of sp³-hybridized carbons (Fsp3) is 0.150. The van der Waals surface area contributed by atoms with Crippen LogP contribution in [0.15, 0.2) is 54.6 Å². The largest absolute Gasteiger partial charge is 0.351 e. The number of benzene rings is 2. The molecule has 0 saturated carbocycles. The van der Waals surface area contributed by atoms with Crippen LogP contribution in [0, 0.1) is 5.92 Å². The zero-order valence-corrected chi connectivity index (χ0v) is 13.9. The number of aromatic amines is 1. The minimum Gasteiger partial charge on any atom is -0.351 e. The van der Waals surface area contributed by atoms with Gasteiger partial charge in [-0.2, -0.15) is 0 Å². The standard InChI is InChI=1S/C20H17N3O3/c24-18-11-14(19(25)23-18)9-12-5-7-15(8-6-12)21-20(26)17-10-13-3-1-2-4-16(13)22-17/h1-8,10,14,22H,9,11H2,(H,21,26)(H,23,24,25). The fourth-order valence-corrected chi connectivity index (χ4v) is 3.17. The van der Waals surface area contributed by atoms with Gasteiger partial charge in [-0.15, -0.1) is 0 Å². The molecule has 1 aliphatic heterocycles. The van der Waals surface area contributed by atoms with Crippen molar-refractivity contribution < 1.29 is 14.4 Å². The highest BCUT2D eigenvalue weighted by atomic mass is 16.2. The first-order valence-corrected chi connectivity index (χ1v) is 8.40. The number of hydrogen-bond donors (Lipinski definition) is 3. The number of amides is 3. The van der Waals surface area contributed by atoms with Crippen molar-refractivity contribution in [3.8, 4) is 0 Å². The number of H-pyrrole nitrogens is 1. The van der Waals surface area contributed by atoms with Gasteiger partial charge in [0.25, 0.3) is 5.91 Å². The van der Waals surface area contributed by atoms with Gasteiger partial charge in [-0.3, -0.25) is 19.7 Å². The Balaban J connectivity index is 1.43. The summed E-state index contributed by atoms with van der Waals surface area (Å²) in [4.78, 5) is 38.4. The van der Waals surface area contributed by atoms with E-state index >= 15 is 0 Å². The van der Waals surface area contributed by atoms with Gasteiger partial charge < -0.3 is 10.3 Å². The number of anilines is 1. The number of rotatable bonds is 4. The van der Waals surface area contributed by atoms with E-state index in [1.165, 1.54) is 0 Å². The molecule has 3 amide bonds. The third-order valence-electron chi connectivity index (χ3n) is 4.53. The molecule has 1 atom stereocenters. The summed E-state index contributed by atoms with van der Waals surface area (Å²) in [6, 6.07) is 16.8. The van der Waals surface area contributed by atoms with E-state index in [2.05, 4.69) is 15.6 Å². The van der Waals surface area contributed by atoms with Crippen molar-refractivity contribution in [2.75, 3.05) is 5.32 Å². The van der Waals surface area contributed by atoms with E-state index in [0.717, 1.165) is 16.5 Å². The molecule has 2 heterocycles. The van der Waals surface area contributed by atoms with Gasteiger partial charge in [0.15, 0.2) is 0 Å². The molecule has 3 N–H and O–H groups in total. The monoisotopic (exact) mass is 347 g/mol. The second-order valence-corrected chi connectivity index (χ2v) is 6.44. The number of carbonyl (C=O) groups excluding carboxylic acids is 3. The maximum atomic E-state index is 12.4. The van der Waals surface area contributed by atoms with Gasteiger partial charge in [-0.1, -0.05) is 30.3 Å². The molecule has 1 aliphatic rings. The first-order chi connectivity index (χ1) is 12.6. The van der Waals surface area contributed by atoms with Crippen LogP contribution in [0.5, 0.6) is 0 Å². The summed E-state index contributed by atoms with van der Waals surface area (Å²) < 4.78 is 0. The lowest BCUT2D eigenvalue weighted by atomic mass is 9.98. The van der Waals surface area contributed by atoms with Crippen LogP contribution in [-0.4, -0.2) is 22.7 Å². The third-order valence-corrected chi connectivity index (χ3v) is 4.53. The molecule has 2 aromatic carbocycles. The molecule has 0 spiro atoms. The zero-order valence-electron chi connectivity index (χ0n) is 13.9. The first kappa shape index (κ1) is 16.1. The van der Waals surface area contributed by atoms with Crippen LogP contribution < -0.4 is 10.6 Å². The first-order valence-electron chi connectivity index (χ1n) is 8.40. The summed E-state index contributed by atoms with van der Waals surface area (Å²) in [5.41, 5.74) is 3.03. The fourth-order valence-electron chi connectivity index (χ4n) is 3.17. The van der Waals surface area contributed by atoms with Crippen molar-refractivity contribution in [2.45, 2.75) is 12.8 Å². The Morgan fingerprint density at radius 3 is 2.54 bits per heavy atom. The Morgan fingerprint density at radius 1 is 1.08 bits per heavy atom. The van der Waals surface area contributed by atoms with E-state index in [1.54, 1.807) is 12.1 Å². The second kappa shape index (κ2) is 6.48. The molecule has 1 unspecified atom stereocenters. The molecular weight excluding hydrogens is 330 g/mol. The highest BCUT2D eigenvalue weighted by molar-refractivity contribution is 6.06. The van der Waals surface area contributed by atoms with Crippen LogP contribution in [0.4, 0.5) is 5.69 Å². The number of fused-ring (bicyclic) bond motifs is 1. The van der Waals surface area contributed by atoms with Gasteiger partial charge >= 0.3 is 0 Å². The van der Waals surface area contributed by atoms with Crippen molar-refractivity contribution in [1.82, 2.24) is 10.3 Å². The number of nitrogens with one attached hydrogen (secondary N) is 3. The molecule has 3 aromatic rings. The lowest BCUT2D eigenvalue weighted by Gasteiger charge is -2.08. The topological polar surface area (TPSA) is 91.1 Å². The summed E-state index contributed by atoms with van der Waals surface area (Å²) in [5, 5.41) is 6.15. The number of carbonyl (C=O) groups is 3. The molecule has 1 fully saturated rings. The van der Waals surface area contributed by atoms with Crippen LogP contribution in [0.2, 0.25) is 0 Å². The van der Waals surface area contributed by atoms with Gasteiger partial charge in [-0.25, -0.2) is 0 Å². The number of aromatic nitrogens is 1. The summed E-state index contributed by atoms with van der Waals surface area (Å²) in [5.74, 6) is -0.961. The highest BCUT2D eigenvalue weighted by Gasteiger charge is 2.30. The predicted octanol–water partition coefficient (Wildman–Crippen LogP) is 2.63. The van der Waals surface area contributed by atoms with E-state index in [4.69, 9.17) is 0 Å². The lowest BCUT2D eigenvalue weighted by molar-refractivity contribution is -0.125. The van der Waals surface area contributed by atoms with Gasteiger partial charge in [-0.05, 0) is 36.2 Å². The van der Waals surface area contributed by atoms with E-state index in [0.29, 0.717) is 17.8 Å². The molecule has 6 heteroatoms. The van der Waals surface area contributed by atoms with E-state index in [-0.39, 0.29) is 30.1 Å². The normalized spacial score (nSPS) is 16.7. The molecule has 1 saturated heterocycles. The summed E-state index contributed by atoms with van der Waals surface area (Å²) >= 11 is 0. The molecule has 6 nitrogen and oxygen atoms in total. The molecule has 130 valence electrons. The van der Waals surface area contributed by atoms with Gasteiger partial charge in [0.05, 0.1) is 5.92 Å². The maximum Gasteiger partial charge on any atom is 0.272 e. The van der Waals surface area contributed by atoms with Crippen LogP contribution in [-0.2, 0) is 16.0 Å². The summed E-state index contributed by atoms with van der Waals surface area (Å²) in [6.45, 7) is 0. The van der Waals surface area contributed by atoms with E-state index in [9.17, 15) is 14.4 Å². The highest BCUT2D eigenvalue weighted by Crippen LogP contribution is 2.20. The van der Waals surface area contributed by atoms with E-state index in [1.807, 2.05) is 42.5 Å². The molecule has 0 bridgehead atoms. The van der Waals surface area contributed by atoms with Crippen molar-refractivity contribution >= 4 is 34.3 Å². The molecule has 0 aliphatic carbocycles. The Morgan fingerprint density at radius 2 is 1.85 bits per heavy atom. The average molecular weight is 347 g/mol. The average Bonchev–Trinajstić information content (AvgIpc) is 3.19. The molecule has 0 radical (unpaired) electrons. The quantitative estimate of drug-likeness (QED) is 0.634. The van der Waals surface area contributed by atoms with Crippen LogP contribution >= 0.6 is 0 Å². The van der Waals surface area contributed by atoms with Crippen LogP contribution in [0.25, 0.3) is 10.9 Å². The molecule has 26 heavy (non-hydrogen) atoms. The maximum absolute atomic E-state index is 12.4. The number of para-hydroxylation sites is 1. The minimum atomic E-state index is -0.311. The SMILES string of the molecule is O=C1CC(Cc2ccc(NC(=O)c3cc4ccccc4[nH]3)cc2)C(=O)N1. The minimum absolute atomic E-state index is 0.213. The predicted molar refractivity (Wildman–Crippen MR) is 97.7 cm³/mol. The Bertz CT molecular complexity index is 972. The zero-order chi connectivity index (χ0) is 18.1.